The van der Waals surface area contributed by atoms with Crippen molar-refractivity contribution >= 4 is 18.5 Å². The molecule has 106 valence electrons. The Morgan fingerprint density at radius 2 is 2.11 bits per heavy atom. The van der Waals surface area contributed by atoms with E-state index in [-0.39, 0.29) is 18.5 Å². The van der Waals surface area contributed by atoms with E-state index in [0.29, 0.717) is 19.2 Å². The third kappa shape index (κ3) is 5.94. The van der Waals surface area contributed by atoms with Crippen LogP contribution in [0.5, 0.6) is 0 Å². The predicted molar refractivity (Wildman–Crippen MR) is 77.5 cm³/mol. The lowest BCUT2D eigenvalue weighted by Crippen LogP contribution is -2.43. The Balaban J connectivity index is 0.00000180. The number of halogens is 1. The molecule has 2 N–H and O–H groups in total. The van der Waals surface area contributed by atoms with Crippen LogP contribution in [0, 0.1) is 0 Å². The molecule has 1 aromatic carbocycles. The van der Waals surface area contributed by atoms with Gasteiger partial charge in [-0.05, 0) is 24.9 Å². The van der Waals surface area contributed by atoms with Crippen molar-refractivity contribution in [3.63, 3.8) is 0 Å². The molecule has 0 radical (unpaired) electrons. The van der Waals surface area contributed by atoms with Crippen LogP contribution in [0.4, 0.5) is 4.79 Å². The average Bonchev–Trinajstić information content (AvgIpc) is 2.45. The van der Waals surface area contributed by atoms with Gasteiger partial charge in [-0.1, -0.05) is 36.8 Å². The van der Waals surface area contributed by atoms with E-state index >= 15 is 0 Å². The van der Waals surface area contributed by atoms with Gasteiger partial charge in [0, 0.05) is 12.6 Å². The standard InChI is InChI=1S/C14H20N2O2.ClH/c17-14(16-10-13-8-4-5-9-15-13)18-11-12-6-2-1-3-7-12;/h1-3,6-7,13,15H,4-5,8-11H2,(H,16,17);1H/t13-;/m1./s1. The summed E-state index contributed by atoms with van der Waals surface area (Å²) in [5.41, 5.74) is 1.00. The summed E-state index contributed by atoms with van der Waals surface area (Å²) in [7, 11) is 0. The van der Waals surface area contributed by atoms with Crippen LogP contribution < -0.4 is 10.6 Å². The summed E-state index contributed by atoms with van der Waals surface area (Å²) in [4.78, 5) is 11.5. The van der Waals surface area contributed by atoms with Crippen LogP contribution in [0.25, 0.3) is 0 Å². The normalized spacial score (nSPS) is 18.2. The highest BCUT2D eigenvalue weighted by Crippen LogP contribution is 2.06. The molecule has 0 spiro atoms. The maximum Gasteiger partial charge on any atom is 0.407 e. The fraction of sp³-hybridized carbons (Fsp3) is 0.500. The first kappa shape index (κ1) is 15.8. The molecule has 1 aliphatic rings. The molecule has 0 aromatic heterocycles. The Bertz CT molecular complexity index is 367. The maximum atomic E-state index is 11.5. The lowest BCUT2D eigenvalue weighted by atomic mass is 10.1. The third-order valence-electron chi connectivity index (χ3n) is 3.12. The van der Waals surface area contributed by atoms with E-state index in [1.54, 1.807) is 0 Å². The van der Waals surface area contributed by atoms with E-state index in [1.807, 2.05) is 30.3 Å². The first-order chi connectivity index (χ1) is 8.84. The molecule has 0 aliphatic carbocycles. The van der Waals surface area contributed by atoms with E-state index in [4.69, 9.17) is 4.74 Å². The van der Waals surface area contributed by atoms with Crippen molar-refractivity contribution in [2.45, 2.75) is 31.9 Å². The fourth-order valence-corrected chi connectivity index (χ4v) is 2.08. The van der Waals surface area contributed by atoms with Crippen molar-refractivity contribution in [2.75, 3.05) is 13.1 Å². The molecule has 1 saturated heterocycles. The summed E-state index contributed by atoms with van der Waals surface area (Å²) < 4.78 is 5.14. The molecule has 1 fully saturated rings. The minimum absolute atomic E-state index is 0. The monoisotopic (exact) mass is 284 g/mol. The van der Waals surface area contributed by atoms with E-state index in [0.717, 1.165) is 18.5 Å². The van der Waals surface area contributed by atoms with Crippen LogP contribution in [0.15, 0.2) is 30.3 Å². The molecule has 1 atom stereocenters. The number of piperidine rings is 1. The highest BCUT2D eigenvalue weighted by Gasteiger charge is 2.13. The predicted octanol–water partition coefficient (Wildman–Crippen LogP) is 2.48. The van der Waals surface area contributed by atoms with Crippen molar-refractivity contribution in [1.82, 2.24) is 10.6 Å². The molecule has 0 bridgehead atoms. The zero-order chi connectivity index (χ0) is 12.6. The number of alkyl carbamates (subject to hydrolysis) is 1. The Kier molecular flexibility index (Phi) is 7.30. The molecule has 2 rings (SSSR count). The molecular formula is C14H21ClN2O2. The van der Waals surface area contributed by atoms with Gasteiger partial charge >= 0.3 is 6.09 Å². The number of hydrogen-bond donors (Lipinski definition) is 2. The quantitative estimate of drug-likeness (QED) is 0.893. The molecule has 1 heterocycles. The zero-order valence-corrected chi connectivity index (χ0v) is 11.7. The molecule has 5 heteroatoms. The lowest BCUT2D eigenvalue weighted by molar-refractivity contribution is 0.138. The Labute approximate surface area is 120 Å². The van der Waals surface area contributed by atoms with Gasteiger partial charge in [0.1, 0.15) is 6.61 Å². The second kappa shape index (κ2) is 8.77. The summed E-state index contributed by atoms with van der Waals surface area (Å²) in [6.07, 6.45) is 3.25. The highest BCUT2D eigenvalue weighted by atomic mass is 35.5. The van der Waals surface area contributed by atoms with Gasteiger partial charge in [-0.2, -0.15) is 0 Å². The Morgan fingerprint density at radius 1 is 1.32 bits per heavy atom. The van der Waals surface area contributed by atoms with Crippen LogP contribution in [0.2, 0.25) is 0 Å². The number of carbonyl (C=O) groups excluding carboxylic acids is 1. The second-order valence-electron chi connectivity index (χ2n) is 4.59. The SMILES string of the molecule is Cl.O=C(NC[C@H]1CCCCN1)OCc1ccccc1. The lowest BCUT2D eigenvalue weighted by Gasteiger charge is -2.23. The highest BCUT2D eigenvalue weighted by molar-refractivity contribution is 5.85. The second-order valence-corrected chi connectivity index (χ2v) is 4.59. The van der Waals surface area contributed by atoms with Gasteiger partial charge in [-0.15, -0.1) is 12.4 Å². The third-order valence-corrected chi connectivity index (χ3v) is 3.12. The summed E-state index contributed by atoms with van der Waals surface area (Å²) >= 11 is 0. The average molecular weight is 285 g/mol. The van der Waals surface area contributed by atoms with Crippen molar-refractivity contribution in [2.24, 2.45) is 0 Å². The molecular weight excluding hydrogens is 264 g/mol. The number of rotatable bonds is 4. The molecule has 0 saturated carbocycles. The van der Waals surface area contributed by atoms with Gasteiger partial charge in [-0.25, -0.2) is 4.79 Å². The van der Waals surface area contributed by atoms with Gasteiger partial charge in [0.25, 0.3) is 0 Å². The van der Waals surface area contributed by atoms with Gasteiger partial charge in [-0.3, -0.25) is 0 Å². The number of benzene rings is 1. The summed E-state index contributed by atoms with van der Waals surface area (Å²) in [6, 6.07) is 10.1. The van der Waals surface area contributed by atoms with Crippen molar-refractivity contribution in [3.8, 4) is 0 Å². The van der Waals surface area contributed by atoms with Gasteiger partial charge in [0.05, 0.1) is 0 Å². The fourth-order valence-electron chi connectivity index (χ4n) is 2.08. The van der Waals surface area contributed by atoms with Gasteiger partial charge in [0.15, 0.2) is 0 Å². The van der Waals surface area contributed by atoms with Crippen LogP contribution in [-0.4, -0.2) is 25.2 Å². The van der Waals surface area contributed by atoms with E-state index in [9.17, 15) is 4.79 Å². The van der Waals surface area contributed by atoms with Crippen LogP contribution >= 0.6 is 12.4 Å². The summed E-state index contributed by atoms with van der Waals surface area (Å²) in [5.74, 6) is 0. The Morgan fingerprint density at radius 3 is 2.79 bits per heavy atom. The maximum absolute atomic E-state index is 11.5. The minimum atomic E-state index is -0.341. The number of ether oxygens (including phenoxy) is 1. The van der Waals surface area contributed by atoms with E-state index in [1.165, 1.54) is 12.8 Å². The number of hydrogen-bond acceptors (Lipinski definition) is 3. The molecule has 1 amide bonds. The van der Waals surface area contributed by atoms with E-state index < -0.39 is 0 Å². The zero-order valence-electron chi connectivity index (χ0n) is 10.9. The molecule has 19 heavy (non-hydrogen) atoms. The van der Waals surface area contributed by atoms with Crippen molar-refractivity contribution < 1.29 is 9.53 Å². The molecule has 1 aliphatic heterocycles. The van der Waals surface area contributed by atoms with Crippen LogP contribution in [0.3, 0.4) is 0 Å². The molecule has 0 unspecified atom stereocenters. The first-order valence-electron chi connectivity index (χ1n) is 6.52. The van der Waals surface area contributed by atoms with Gasteiger partial charge < -0.3 is 15.4 Å². The van der Waals surface area contributed by atoms with Gasteiger partial charge in [0.2, 0.25) is 0 Å². The van der Waals surface area contributed by atoms with Crippen molar-refractivity contribution in [3.05, 3.63) is 35.9 Å². The van der Waals surface area contributed by atoms with Crippen LogP contribution in [-0.2, 0) is 11.3 Å². The largest absolute Gasteiger partial charge is 0.445 e. The Hall–Kier alpha value is -1.26. The molecule has 4 nitrogen and oxygen atoms in total. The topological polar surface area (TPSA) is 50.4 Å². The number of amides is 1. The number of nitrogens with one attached hydrogen (secondary N) is 2. The number of carbonyl (C=O) groups is 1. The van der Waals surface area contributed by atoms with E-state index in [2.05, 4.69) is 10.6 Å². The molecule has 1 aromatic rings. The summed E-state index contributed by atoms with van der Waals surface area (Å²) in [5, 5.41) is 6.18. The smallest absolute Gasteiger partial charge is 0.407 e. The summed E-state index contributed by atoms with van der Waals surface area (Å²) in [6.45, 7) is 2.02. The first-order valence-corrected chi connectivity index (χ1v) is 6.52. The van der Waals surface area contributed by atoms with Crippen LogP contribution in [0.1, 0.15) is 24.8 Å². The van der Waals surface area contributed by atoms with Crippen molar-refractivity contribution in [1.29, 1.82) is 0 Å². The minimum Gasteiger partial charge on any atom is -0.445 e.